The number of nitrogens with zero attached hydrogens (tertiary/aromatic N) is 3. The molecule has 0 saturated carbocycles. The van der Waals surface area contributed by atoms with E-state index in [-0.39, 0.29) is 18.0 Å². The van der Waals surface area contributed by atoms with Crippen molar-refractivity contribution in [3.63, 3.8) is 0 Å². The molecule has 1 aliphatic heterocycles. The van der Waals surface area contributed by atoms with Gasteiger partial charge in [0.25, 0.3) is 0 Å². The first-order valence-electron chi connectivity index (χ1n) is 10.1. The summed E-state index contributed by atoms with van der Waals surface area (Å²) in [5, 5.41) is 3.63. The number of thiophene rings is 1. The van der Waals surface area contributed by atoms with Gasteiger partial charge in [0.2, 0.25) is 5.91 Å². The van der Waals surface area contributed by atoms with Crippen molar-refractivity contribution >= 4 is 34.8 Å². The van der Waals surface area contributed by atoms with Gasteiger partial charge in [-0.05, 0) is 28.8 Å². The highest BCUT2D eigenvalue weighted by Crippen LogP contribution is 2.45. The van der Waals surface area contributed by atoms with Gasteiger partial charge >= 0.3 is 12.1 Å². The highest BCUT2D eigenvalue weighted by molar-refractivity contribution is 7.16. The number of benzene rings is 1. The number of alkyl halides is 3. The van der Waals surface area contributed by atoms with E-state index in [1.54, 1.807) is 35.2 Å². The average Bonchev–Trinajstić information content (AvgIpc) is 3.40. The predicted molar refractivity (Wildman–Crippen MR) is 121 cm³/mol. The number of fused-ring (bicyclic) bond motifs is 1. The van der Waals surface area contributed by atoms with Crippen molar-refractivity contribution in [1.29, 1.82) is 0 Å². The normalized spacial score (nSPS) is 15.7. The number of methoxy groups -OCH3 is 1. The van der Waals surface area contributed by atoms with Gasteiger partial charge < -0.3 is 9.64 Å². The largest absolute Gasteiger partial charge is 0.468 e. The Morgan fingerprint density at radius 2 is 2.03 bits per heavy atom. The first-order valence-corrected chi connectivity index (χ1v) is 11.3. The van der Waals surface area contributed by atoms with Crippen molar-refractivity contribution < 1.29 is 27.5 Å². The van der Waals surface area contributed by atoms with Crippen LogP contribution in [0.1, 0.15) is 27.6 Å². The number of aromatic nitrogens is 2. The molecule has 3 aromatic rings. The van der Waals surface area contributed by atoms with Crippen molar-refractivity contribution in [2.75, 3.05) is 13.7 Å². The number of esters is 1. The molecule has 0 unspecified atom stereocenters. The van der Waals surface area contributed by atoms with E-state index in [9.17, 15) is 22.8 Å². The molecule has 1 atom stereocenters. The van der Waals surface area contributed by atoms with Crippen LogP contribution in [0.5, 0.6) is 0 Å². The highest BCUT2D eigenvalue weighted by Gasteiger charge is 2.39. The van der Waals surface area contributed by atoms with Crippen LogP contribution in [-0.2, 0) is 33.6 Å². The quantitative estimate of drug-likeness (QED) is 0.354. The number of hydrogen-bond donors (Lipinski definition) is 0. The summed E-state index contributed by atoms with van der Waals surface area (Å²) in [6.07, 6.45) is -2.35. The van der Waals surface area contributed by atoms with Gasteiger partial charge in [-0.1, -0.05) is 42.4 Å². The van der Waals surface area contributed by atoms with Crippen LogP contribution >= 0.6 is 22.9 Å². The smallest absolute Gasteiger partial charge is 0.435 e. The van der Waals surface area contributed by atoms with E-state index in [1.165, 1.54) is 23.6 Å². The molecule has 0 spiro atoms. The van der Waals surface area contributed by atoms with Gasteiger partial charge in [0.05, 0.1) is 18.0 Å². The second kappa shape index (κ2) is 9.27. The Bertz CT molecular complexity index is 1270. The molecule has 11 heteroatoms. The van der Waals surface area contributed by atoms with Crippen LogP contribution in [0.3, 0.4) is 0 Å². The molecular weight excluding hydrogens is 491 g/mol. The summed E-state index contributed by atoms with van der Waals surface area (Å²) in [5.74, 6) is -1.42. The molecule has 2 aromatic heterocycles. The minimum absolute atomic E-state index is 0.165. The Balaban J connectivity index is 1.87. The standard InChI is InChI=1S/C23H19ClF3N3O3S/c1-3-20(31)29-9-16(15-8-19(24)34-18(15)11-29)13-6-4-5-7-14(13)17-10-30(12-21(32)33-2)28-22(17)23(25,26)27/h3-8,10,16H,1,9,11-12H2,2H3/t16-/m1/s1. The lowest BCUT2D eigenvalue weighted by atomic mass is 9.84. The van der Waals surface area contributed by atoms with E-state index >= 15 is 0 Å². The second-order valence-corrected chi connectivity index (χ2v) is 9.42. The maximum absolute atomic E-state index is 13.9. The number of hydrogen-bond acceptors (Lipinski definition) is 5. The molecular formula is C23H19ClF3N3O3S. The molecule has 1 aliphatic rings. The molecule has 0 radical (unpaired) electrons. The molecule has 4 rings (SSSR count). The van der Waals surface area contributed by atoms with Crippen LogP contribution in [0.15, 0.2) is 49.2 Å². The summed E-state index contributed by atoms with van der Waals surface area (Å²) in [4.78, 5) is 26.5. The van der Waals surface area contributed by atoms with Gasteiger partial charge in [0.1, 0.15) is 6.54 Å². The van der Waals surface area contributed by atoms with Crippen molar-refractivity contribution in [1.82, 2.24) is 14.7 Å². The van der Waals surface area contributed by atoms with Crippen LogP contribution in [0.4, 0.5) is 13.2 Å². The van der Waals surface area contributed by atoms with E-state index in [0.29, 0.717) is 22.0 Å². The van der Waals surface area contributed by atoms with Crippen LogP contribution in [-0.4, -0.2) is 40.2 Å². The van der Waals surface area contributed by atoms with Crippen LogP contribution in [0.2, 0.25) is 4.34 Å². The summed E-state index contributed by atoms with van der Waals surface area (Å²) in [6, 6.07) is 8.46. The fourth-order valence-electron chi connectivity index (χ4n) is 4.10. The third-order valence-electron chi connectivity index (χ3n) is 5.59. The Kier molecular flexibility index (Phi) is 6.55. The van der Waals surface area contributed by atoms with Crippen molar-refractivity contribution in [3.05, 3.63) is 75.2 Å². The molecule has 0 bridgehead atoms. The number of rotatable bonds is 5. The minimum Gasteiger partial charge on any atom is -0.468 e. The molecule has 6 nitrogen and oxygen atoms in total. The fourth-order valence-corrected chi connectivity index (χ4v) is 5.46. The Morgan fingerprint density at radius 3 is 2.71 bits per heavy atom. The van der Waals surface area contributed by atoms with E-state index in [4.69, 9.17) is 11.6 Å². The summed E-state index contributed by atoms with van der Waals surface area (Å²) >= 11 is 7.59. The lowest BCUT2D eigenvalue weighted by Gasteiger charge is -2.33. The number of carbonyl (C=O) groups is 2. The van der Waals surface area contributed by atoms with Gasteiger partial charge in [-0.3, -0.25) is 14.3 Å². The van der Waals surface area contributed by atoms with Gasteiger partial charge in [-0.2, -0.15) is 18.3 Å². The SMILES string of the molecule is C=CC(=O)N1Cc2sc(Cl)cc2[C@@H](c2ccccc2-c2cn(CC(=O)OC)nc2C(F)(F)F)C1. The first-order chi connectivity index (χ1) is 16.1. The van der Waals surface area contributed by atoms with Gasteiger partial charge in [-0.15, -0.1) is 11.3 Å². The van der Waals surface area contributed by atoms with Crippen LogP contribution < -0.4 is 0 Å². The monoisotopic (exact) mass is 509 g/mol. The minimum atomic E-state index is -4.75. The molecule has 0 fully saturated rings. The molecule has 1 amide bonds. The Hall–Kier alpha value is -3.11. The maximum Gasteiger partial charge on any atom is 0.435 e. The number of halogens is 4. The summed E-state index contributed by atoms with van der Waals surface area (Å²) in [6.45, 7) is 3.68. The fraction of sp³-hybridized carbons (Fsp3) is 0.261. The van der Waals surface area contributed by atoms with E-state index in [2.05, 4.69) is 16.4 Å². The van der Waals surface area contributed by atoms with Crippen LogP contribution in [0, 0.1) is 0 Å². The first kappa shape index (κ1) is 24.0. The van der Waals surface area contributed by atoms with E-state index in [1.807, 2.05) is 0 Å². The topological polar surface area (TPSA) is 64.4 Å². The lowest BCUT2D eigenvalue weighted by Crippen LogP contribution is -2.37. The van der Waals surface area contributed by atoms with Crippen molar-refractivity contribution in [3.8, 4) is 11.1 Å². The van der Waals surface area contributed by atoms with Gasteiger partial charge in [0.15, 0.2) is 5.69 Å². The Labute approximate surface area is 202 Å². The number of ether oxygens (including phenoxy) is 1. The van der Waals surface area contributed by atoms with Gasteiger partial charge in [-0.25, -0.2) is 0 Å². The second-order valence-electron chi connectivity index (χ2n) is 7.65. The van der Waals surface area contributed by atoms with Crippen molar-refractivity contribution in [2.45, 2.75) is 25.2 Å². The zero-order valence-corrected chi connectivity index (χ0v) is 19.5. The number of amides is 1. The molecule has 34 heavy (non-hydrogen) atoms. The molecule has 0 saturated heterocycles. The zero-order valence-electron chi connectivity index (χ0n) is 17.9. The zero-order chi connectivity index (χ0) is 24.6. The third kappa shape index (κ3) is 4.60. The molecule has 3 heterocycles. The average molecular weight is 510 g/mol. The van der Waals surface area contributed by atoms with E-state index < -0.39 is 30.3 Å². The summed E-state index contributed by atoms with van der Waals surface area (Å²) < 4.78 is 47.8. The molecule has 0 aliphatic carbocycles. The van der Waals surface area contributed by atoms with Crippen LogP contribution in [0.25, 0.3) is 11.1 Å². The summed E-state index contributed by atoms with van der Waals surface area (Å²) in [7, 11) is 1.15. The van der Waals surface area contributed by atoms with Crippen molar-refractivity contribution in [2.24, 2.45) is 0 Å². The Morgan fingerprint density at radius 1 is 1.29 bits per heavy atom. The van der Waals surface area contributed by atoms with Gasteiger partial charge in [0, 0.05) is 29.1 Å². The lowest BCUT2D eigenvalue weighted by molar-refractivity contribution is -0.144. The number of carbonyl (C=O) groups excluding carboxylic acids is 2. The molecule has 0 N–H and O–H groups in total. The molecule has 178 valence electrons. The summed E-state index contributed by atoms with van der Waals surface area (Å²) in [5.41, 5.74) is 0.482. The van der Waals surface area contributed by atoms with E-state index in [0.717, 1.165) is 22.2 Å². The molecule has 1 aromatic carbocycles. The highest BCUT2D eigenvalue weighted by atomic mass is 35.5. The predicted octanol–water partition coefficient (Wildman–Crippen LogP) is 5.12. The maximum atomic E-state index is 13.9. The third-order valence-corrected chi connectivity index (χ3v) is 6.85.